The van der Waals surface area contributed by atoms with E-state index in [1.165, 1.54) is 0 Å². The fraction of sp³-hybridized carbons (Fsp3) is 0.316. The summed E-state index contributed by atoms with van der Waals surface area (Å²) in [4.78, 5) is 12.4. The highest BCUT2D eigenvalue weighted by molar-refractivity contribution is 6.30. The largest absolute Gasteiger partial charge is 0.481 e. The number of amides is 1. The lowest BCUT2D eigenvalue weighted by atomic mass is 10.1. The summed E-state index contributed by atoms with van der Waals surface area (Å²) in [5.74, 6) is 0.562. The Kier molecular flexibility index (Phi) is 5.32. The van der Waals surface area contributed by atoms with Crippen LogP contribution in [0, 0.1) is 27.7 Å². The quantitative estimate of drug-likeness (QED) is 0.858. The van der Waals surface area contributed by atoms with Crippen molar-refractivity contribution >= 4 is 23.2 Å². The van der Waals surface area contributed by atoms with E-state index in [1.807, 2.05) is 39.8 Å². The monoisotopic (exact) mass is 331 g/mol. The van der Waals surface area contributed by atoms with Crippen LogP contribution < -0.4 is 10.1 Å². The molecule has 23 heavy (non-hydrogen) atoms. The summed E-state index contributed by atoms with van der Waals surface area (Å²) < 4.78 is 5.87. The minimum atomic E-state index is -0.593. The molecule has 0 aliphatic rings. The van der Waals surface area contributed by atoms with E-state index in [9.17, 15) is 4.79 Å². The van der Waals surface area contributed by atoms with Crippen LogP contribution in [-0.4, -0.2) is 12.0 Å². The zero-order valence-electron chi connectivity index (χ0n) is 14.2. The van der Waals surface area contributed by atoms with Gasteiger partial charge in [0.05, 0.1) is 0 Å². The van der Waals surface area contributed by atoms with Crippen LogP contribution in [-0.2, 0) is 4.79 Å². The molecule has 0 bridgehead atoms. The summed E-state index contributed by atoms with van der Waals surface area (Å²) in [6.45, 7) is 9.70. The number of halogens is 1. The minimum absolute atomic E-state index is 0.186. The Balaban J connectivity index is 2.11. The maximum Gasteiger partial charge on any atom is 0.265 e. The van der Waals surface area contributed by atoms with Gasteiger partial charge in [0.1, 0.15) is 5.75 Å². The highest BCUT2D eigenvalue weighted by Crippen LogP contribution is 2.25. The van der Waals surface area contributed by atoms with Crippen molar-refractivity contribution < 1.29 is 9.53 Å². The van der Waals surface area contributed by atoms with Crippen LogP contribution in [0.1, 0.15) is 29.2 Å². The van der Waals surface area contributed by atoms with E-state index in [2.05, 4.69) is 11.4 Å². The van der Waals surface area contributed by atoms with Gasteiger partial charge in [0.2, 0.25) is 0 Å². The van der Waals surface area contributed by atoms with Crippen molar-refractivity contribution in [1.82, 2.24) is 0 Å². The molecule has 0 heterocycles. The van der Waals surface area contributed by atoms with Crippen LogP contribution in [0.25, 0.3) is 0 Å². The Labute approximate surface area is 142 Å². The number of benzene rings is 2. The minimum Gasteiger partial charge on any atom is -0.481 e. The second-order valence-corrected chi connectivity index (χ2v) is 6.35. The van der Waals surface area contributed by atoms with E-state index in [1.54, 1.807) is 19.1 Å². The molecule has 0 aliphatic carbocycles. The Hall–Kier alpha value is -2.00. The molecule has 1 amide bonds. The first-order valence-electron chi connectivity index (χ1n) is 7.59. The molecular formula is C19H22ClNO2. The summed E-state index contributed by atoms with van der Waals surface area (Å²) >= 11 is 5.93. The lowest BCUT2D eigenvalue weighted by Gasteiger charge is -2.18. The number of carbonyl (C=O) groups is 1. The van der Waals surface area contributed by atoms with Gasteiger partial charge in [-0.3, -0.25) is 4.79 Å². The van der Waals surface area contributed by atoms with Crippen molar-refractivity contribution in [3.63, 3.8) is 0 Å². The van der Waals surface area contributed by atoms with Crippen molar-refractivity contribution in [2.24, 2.45) is 0 Å². The molecule has 0 unspecified atom stereocenters. The van der Waals surface area contributed by atoms with E-state index in [4.69, 9.17) is 16.3 Å². The third kappa shape index (κ3) is 4.26. The Morgan fingerprint density at radius 3 is 2.43 bits per heavy atom. The highest BCUT2D eigenvalue weighted by atomic mass is 35.5. The molecule has 0 saturated carbocycles. The smallest absolute Gasteiger partial charge is 0.265 e. The lowest BCUT2D eigenvalue weighted by Crippen LogP contribution is -2.30. The van der Waals surface area contributed by atoms with Crippen molar-refractivity contribution in [3.8, 4) is 5.75 Å². The molecule has 122 valence electrons. The zero-order valence-corrected chi connectivity index (χ0v) is 14.9. The van der Waals surface area contributed by atoms with Crippen molar-refractivity contribution in [2.75, 3.05) is 5.32 Å². The summed E-state index contributed by atoms with van der Waals surface area (Å²) in [6, 6.07) is 9.43. The molecule has 4 heteroatoms. The first-order valence-corrected chi connectivity index (χ1v) is 7.97. The molecule has 2 aromatic carbocycles. The van der Waals surface area contributed by atoms with E-state index in [0.717, 1.165) is 33.7 Å². The van der Waals surface area contributed by atoms with Crippen LogP contribution in [0.4, 0.5) is 5.69 Å². The number of nitrogens with one attached hydrogen (secondary N) is 1. The van der Waals surface area contributed by atoms with Gasteiger partial charge in [0, 0.05) is 10.7 Å². The van der Waals surface area contributed by atoms with Crippen LogP contribution >= 0.6 is 11.6 Å². The number of ether oxygens (including phenoxy) is 1. The van der Waals surface area contributed by atoms with E-state index < -0.39 is 6.10 Å². The summed E-state index contributed by atoms with van der Waals surface area (Å²) in [7, 11) is 0. The van der Waals surface area contributed by atoms with Crippen LogP contribution in [0.3, 0.4) is 0 Å². The van der Waals surface area contributed by atoms with Gasteiger partial charge < -0.3 is 10.1 Å². The lowest BCUT2D eigenvalue weighted by molar-refractivity contribution is -0.122. The number of aryl methyl sites for hydroxylation is 3. The Morgan fingerprint density at radius 1 is 1.09 bits per heavy atom. The molecular weight excluding hydrogens is 310 g/mol. The third-order valence-electron chi connectivity index (χ3n) is 3.88. The van der Waals surface area contributed by atoms with Crippen LogP contribution in [0.15, 0.2) is 30.3 Å². The molecule has 0 radical (unpaired) electrons. The van der Waals surface area contributed by atoms with Crippen LogP contribution in [0.5, 0.6) is 5.75 Å². The maximum atomic E-state index is 12.4. The van der Waals surface area contributed by atoms with E-state index >= 15 is 0 Å². The first-order chi connectivity index (χ1) is 10.8. The Morgan fingerprint density at radius 2 is 1.78 bits per heavy atom. The zero-order chi connectivity index (χ0) is 17.1. The molecule has 2 aromatic rings. The van der Waals surface area contributed by atoms with Gasteiger partial charge in [-0.25, -0.2) is 0 Å². The normalized spacial score (nSPS) is 11.9. The fourth-order valence-corrected chi connectivity index (χ4v) is 2.60. The number of rotatable bonds is 4. The van der Waals surface area contributed by atoms with E-state index in [-0.39, 0.29) is 5.91 Å². The maximum absolute atomic E-state index is 12.4. The van der Waals surface area contributed by atoms with Crippen molar-refractivity contribution in [1.29, 1.82) is 0 Å². The second kappa shape index (κ2) is 7.05. The van der Waals surface area contributed by atoms with Crippen molar-refractivity contribution in [2.45, 2.75) is 40.7 Å². The predicted molar refractivity (Wildman–Crippen MR) is 95.6 cm³/mol. The topological polar surface area (TPSA) is 38.3 Å². The molecule has 0 saturated heterocycles. The molecule has 0 spiro atoms. The Bertz CT molecular complexity index is 740. The predicted octanol–water partition coefficient (Wildman–Crippen LogP) is 4.98. The summed E-state index contributed by atoms with van der Waals surface area (Å²) in [5.41, 5.74) is 4.98. The molecule has 3 nitrogen and oxygen atoms in total. The van der Waals surface area contributed by atoms with Gasteiger partial charge in [0.15, 0.2) is 6.10 Å². The average Bonchev–Trinajstić information content (AvgIpc) is 2.47. The third-order valence-corrected chi connectivity index (χ3v) is 4.12. The molecule has 0 aromatic heterocycles. The SMILES string of the molecule is Cc1cc(C)c(C)c(O[C@@H](C)C(=O)Nc2ccc(Cl)cc2C)c1. The molecule has 0 fully saturated rings. The molecule has 1 N–H and O–H groups in total. The highest BCUT2D eigenvalue weighted by Gasteiger charge is 2.17. The summed E-state index contributed by atoms with van der Waals surface area (Å²) in [6.07, 6.45) is -0.593. The van der Waals surface area contributed by atoms with Gasteiger partial charge >= 0.3 is 0 Å². The van der Waals surface area contributed by atoms with Gasteiger partial charge in [-0.1, -0.05) is 17.7 Å². The molecule has 0 aliphatic heterocycles. The average molecular weight is 332 g/mol. The van der Waals surface area contributed by atoms with E-state index in [0.29, 0.717) is 5.02 Å². The molecule has 1 atom stereocenters. The number of hydrogen-bond acceptors (Lipinski definition) is 2. The van der Waals surface area contributed by atoms with Gasteiger partial charge in [0.25, 0.3) is 5.91 Å². The first kappa shape index (κ1) is 17.4. The van der Waals surface area contributed by atoms with Gasteiger partial charge in [-0.05, 0) is 81.1 Å². The second-order valence-electron chi connectivity index (χ2n) is 5.91. The van der Waals surface area contributed by atoms with Gasteiger partial charge in [-0.2, -0.15) is 0 Å². The standard InChI is InChI=1S/C19H22ClNO2/c1-11-8-12(2)14(4)18(9-11)23-15(5)19(22)21-17-7-6-16(20)10-13(17)3/h6-10,15H,1-5H3,(H,21,22)/t15-/m0/s1. The fourth-order valence-electron chi connectivity index (χ4n) is 2.37. The molecule has 2 rings (SSSR count). The number of anilines is 1. The summed E-state index contributed by atoms with van der Waals surface area (Å²) in [5, 5.41) is 3.53. The number of hydrogen-bond donors (Lipinski definition) is 1. The van der Waals surface area contributed by atoms with Crippen LogP contribution in [0.2, 0.25) is 5.02 Å². The van der Waals surface area contributed by atoms with Gasteiger partial charge in [-0.15, -0.1) is 0 Å². The number of carbonyl (C=O) groups excluding carboxylic acids is 1. The van der Waals surface area contributed by atoms with Crippen molar-refractivity contribution in [3.05, 3.63) is 57.6 Å².